The maximum Gasteiger partial charge on any atom is 0.137 e. The first-order valence-electron chi connectivity index (χ1n) is 6.53. The van der Waals surface area contributed by atoms with E-state index in [4.69, 9.17) is 0 Å². The van der Waals surface area contributed by atoms with E-state index in [1.807, 2.05) is 0 Å². The van der Waals surface area contributed by atoms with E-state index in [1.165, 1.54) is 5.56 Å². The highest BCUT2D eigenvalue weighted by molar-refractivity contribution is 5.58. The third-order valence-electron chi connectivity index (χ3n) is 2.86. The second kappa shape index (κ2) is 7.16. The van der Waals surface area contributed by atoms with Gasteiger partial charge in [-0.05, 0) is 27.4 Å². The molecule has 1 aromatic rings. The summed E-state index contributed by atoms with van der Waals surface area (Å²) >= 11 is 0. The monoisotopic (exact) mass is 251 g/mol. The third-order valence-corrected chi connectivity index (χ3v) is 2.86. The van der Waals surface area contributed by atoms with Crippen molar-refractivity contribution in [1.82, 2.24) is 14.9 Å². The van der Waals surface area contributed by atoms with Crippen LogP contribution in [0.3, 0.4) is 0 Å². The van der Waals surface area contributed by atoms with Crippen molar-refractivity contribution in [2.45, 2.75) is 20.3 Å². The lowest BCUT2D eigenvalue weighted by molar-refractivity contribution is 0.416. The minimum atomic E-state index is 0.880. The highest BCUT2D eigenvalue weighted by Crippen LogP contribution is 2.22. The summed E-state index contributed by atoms with van der Waals surface area (Å²) in [5.41, 5.74) is 1.20. The molecule has 0 aromatic carbocycles. The van der Waals surface area contributed by atoms with E-state index in [0.717, 1.165) is 37.7 Å². The fraction of sp³-hybridized carbons (Fsp3) is 0.692. The SMILES string of the molecule is CCNc1ncnc(N(C)CCN(C)C)c1CC. The normalized spacial score (nSPS) is 10.8. The van der Waals surface area contributed by atoms with Crippen LogP contribution in [0.5, 0.6) is 0 Å². The molecule has 0 aliphatic rings. The van der Waals surface area contributed by atoms with Crippen LogP contribution in [-0.4, -0.2) is 55.6 Å². The number of anilines is 2. The van der Waals surface area contributed by atoms with Crippen LogP contribution in [0.4, 0.5) is 11.6 Å². The van der Waals surface area contributed by atoms with Crippen LogP contribution in [0.15, 0.2) is 6.33 Å². The molecule has 0 bridgehead atoms. The maximum absolute atomic E-state index is 4.43. The molecule has 1 rings (SSSR count). The van der Waals surface area contributed by atoms with Gasteiger partial charge in [0, 0.05) is 32.2 Å². The highest BCUT2D eigenvalue weighted by Gasteiger charge is 2.12. The molecule has 0 radical (unpaired) electrons. The topological polar surface area (TPSA) is 44.3 Å². The van der Waals surface area contributed by atoms with E-state index in [-0.39, 0.29) is 0 Å². The van der Waals surface area contributed by atoms with E-state index in [0.29, 0.717) is 0 Å². The Balaban J connectivity index is 2.89. The molecule has 0 saturated heterocycles. The fourth-order valence-electron chi connectivity index (χ4n) is 1.83. The molecule has 5 nitrogen and oxygen atoms in total. The molecule has 1 heterocycles. The third kappa shape index (κ3) is 3.84. The minimum absolute atomic E-state index is 0.880. The van der Waals surface area contributed by atoms with E-state index >= 15 is 0 Å². The van der Waals surface area contributed by atoms with Gasteiger partial charge in [0.05, 0.1) is 0 Å². The van der Waals surface area contributed by atoms with Crippen molar-refractivity contribution in [2.24, 2.45) is 0 Å². The largest absolute Gasteiger partial charge is 0.370 e. The lowest BCUT2D eigenvalue weighted by Crippen LogP contribution is -2.30. The second-order valence-corrected chi connectivity index (χ2v) is 4.63. The molecule has 1 aromatic heterocycles. The molecule has 0 atom stereocenters. The van der Waals surface area contributed by atoms with Crippen molar-refractivity contribution in [3.8, 4) is 0 Å². The van der Waals surface area contributed by atoms with Gasteiger partial charge in [-0.2, -0.15) is 0 Å². The Hall–Kier alpha value is -1.36. The molecule has 0 amide bonds. The molecule has 0 fully saturated rings. The summed E-state index contributed by atoms with van der Waals surface area (Å²) in [5.74, 6) is 1.99. The Labute approximate surface area is 110 Å². The van der Waals surface area contributed by atoms with Crippen molar-refractivity contribution < 1.29 is 0 Å². The number of rotatable bonds is 7. The average molecular weight is 251 g/mol. The fourth-order valence-corrected chi connectivity index (χ4v) is 1.83. The molecule has 0 unspecified atom stereocenters. The Kier molecular flexibility index (Phi) is 5.85. The molecule has 102 valence electrons. The average Bonchev–Trinajstić information content (AvgIpc) is 2.36. The molecule has 5 heteroatoms. The minimum Gasteiger partial charge on any atom is -0.370 e. The number of hydrogen-bond acceptors (Lipinski definition) is 5. The summed E-state index contributed by atoms with van der Waals surface area (Å²) in [6.07, 6.45) is 2.57. The zero-order valence-electron chi connectivity index (χ0n) is 12.2. The van der Waals surface area contributed by atoms with E-state index in [2.05, 4.69) is 60.1 Å². The smallest absolute Gasteiger partial charge is 0.137 e. The van der Waals surface area contributed by atoms with Gasteiger partial charge in [0.15, 0.2) is 0 Å². The Bertz CT molecular complexity index is 364. The standard InChI is InChI=1S/C13H25N5/c1-6-11-12(14-7-2)15-10-16-13(11)18(5)9-8-17(3)4/h10H,6-9H2,1-5H3,(H,14,15,16). The first-order valence-corrected chi connectivity index (χ1v) is 6.53. The van der Waals surface area contributed by atoms with Crippen molar-refractivity contribution in [1.29, 1.82) is 0 Å². The summed E-state index contributed by atoms with van der Waals surface area (Å²) in [6.45, 7) is 7.08. The van der Waals surface area contributed by atoms with Gasteiger partial charge in [0.25, 0.3) is 0 Å². The van der Waals surface area contributed by atoms with Crippen LogP contribution in [0.25, 0.3) is 0 Å². The van der Waals surface area contributed by atoms with Crippen LogP contribution < -0.4 is 10.2 Å². The van der Waals surface area contributed by atoms with E-state index in [9.17, 15) is 0 Å². The number of nitrogens with one attached hydrogen (secondary N) is 1. The molecule has 1 N–H and O–H groups in total. The van der Waals surface area contributed by atoms with Crippen LogP contribution in [0.2, 0.25) is 0 Å². The number of aromatic nitrogens is 2. The van der Waals surface area contributed by atoms with Gasteiger partial charge in [-0.15, -0.1) is 0 Å². The number of likely N-dealkylation sites (N-methyl/N-ethyl adjacent to an activating group) is 2. The van der Waals surface area contributed by atoms with Crippen LogP contribution in [-0.2, 0) is 6.42 Å². The Morgan fingerprint density at radius 2 is 1.83 bits per heavy atom. The van der Waals surface area contributed by atoms with Crippen LogP contribution in [0, 0.1) is 0 Å². The van der Waals surface area contributed by atoms with Gasteiger partial charge in [-0.1, -0.05) is 6.92 Å². The zero-order valence-corrected chi connectivity index (χ0v) is 12.2. The number of hydrogen-bond donors (Lipinski definition) is 1. The quantitative estimate of drug-likeness (QED) is 0.795. The van der Waals surface area contributed by atoms with Gasteiger partial charge in [-0.25, -0.2) is 9.97 Å². The van der Waals surface area contributed by atoms with Crippen molar-refractivity contribution in [2.75, 3.05) is 51.0 Å². The van der Waals surface area contributed by atoms with Gasteiger partial charge >= 0.3 is 0 Å². The number of nitrogens with zero attached hydrogens (tertiary/aromatic N) is 4. The molecule has 18 heavy (non-hydrogen) atoms. The summed E-state index contributed by atoms with van der Waals surface area (Å²) < 4.78 is 0. The highest BCUT2D eigenvalue weighted by atomic mass is 15.2. The lowest BCUT2D eigenvalue weighted by Gasteiger charge is -2.23. The zero-order chi connectivity index (χ0) is 13.5. The first kappa shape index (κ1) is 14.7. The molecule has 0 aliphatic carbocycles. The van der Waals surface area contributed by atoms with Crippen molar-refractivity contribution in [3.05, 3.63) is 11.9 Å². The van der Waals surface area contributed by atoms with Crippen LogP contribution >= 0.6 is 0 Å². The molecule has 0 saturated carbocycles. The van der Waals surface area contributed by atoms with E-state index in [1.54, 1.807) is 6.33 Å². The van der Waals surface area contributed by atoms with Crippen molar-refractivity contribution in [3.63, 3.8) is 0 Å². The summed E-state index contributed by atoms with van der Waals surface area (Å²) in [6, 6.07) is 0. The second-order valence-electron chi connectivity index (χ2n) is 4.63. The summed E-state index contributed by atoms with van der Waals surface area (Å²) in [5, 5.41) is 3.30. The van der Waals surface area contributed by atoms with Crippen molar-refractivity contribution >= 4 is 11.6 Å². The Morgan fingerprint density at radius 1 is 1.11 bits per heavy atom. The lowest BCUT2D eigenvalue weighted by atomic mass is 10.2. The van der Waals surface area contributed by atoms with Crippen LogP contribution in [0.1, 0.15) is 19.4 Å². The molecule has 0 aliphatic heterocycles. The molecule has 0 spiro atoms. The first-order chi connectivity index (χ1) is 8.60. The van der Waals surface area contributed by atoms with Gasteiger partial charge in [-0.3, -0.25) is 0 Å². The predicted molar refractivity (Wildman–Crippen MR) is 77.4 cm³/mol. The molecular formula is C13H25N5. The summed E-state index contributed by atoms with van der Waals surface area (Å²) in [4.78, 5) is 13.1. The van der Waals surface area contributed by atoms with Gasteiger partial charge in [0.1, 0.15) is 18.0 Å². The van der Waals surface area contributed by atoms with Gasteiger partial charge in [0.2, 0.25) is 0 Å². The van der Waals surface area contributed by atoms with Gasteiger partial charge < -0.3 is 15.1 Å². The summed E-state index contributed by atoms with van der Waals surface area (Å²) in [7, 11) is 6.25. The Morgan fingerprint density at radius 3 is 2.39 bits per heavy atom. The maximum atomic E-state index is 4.43. The molecular weight excluding hydrogens is 226 g/mol. The predicted octanol–water partition coefficient (Wildman–Crippen LogP) is 1.47. The van der Waals surface area contributed by atoms with E-state index < -0.39 is 0 Å².